The molecule has 0 aliphatic heterocycles. The Labute approximate surface area is 83.2 Å². The molecule has 2 nitrogen and oxygen atoms in total. The zero-order valence-electron chi connectivity index (χ0n) is 9.53. The zero-order chi connectivity index (χ0) is 10.2. The second kappa shape index (κ2) is 7.34. The van der Waals surface area contributed by atoms with Crippen molar-refractivity contribution >= 4 is 0 Å². The van der Waals surface area contributed by atoms with E-state index in [2.05, 4.69) is 26.2 Å². The van der Waals surface area contributed by atoms with Crippen LogP contribution in [0.25, 0.3) is 0 Å². The summed E-state index contributed by atoms with van der Waals surface area (Å²) in [5, 5.41) is 0. The lowest BCUT2D eigenvalue weighted by Gasteiger charge is -2.17. The molecule has 0 aliphatic rings. The summed E-state index contributed by atoms with van der Waals surface area (Å²) in [5.41, 5.74) is 3.20. The maximum atomic E-state index is 5.18. The van der Waals surface area contributed by atoms with Crippen LogP contribution >= 0.6 is 0 Å². The number of nitrogens with two attached hydrogens (primary N) is 1. The van der Waals surface area contributed by atoms with Crippen LogP contribution in [0.3, 0.4) is 0 Å². The molecule has 0 aromatic heterocycles. The molecular weight excluding hydrogens is 160 g/mol. The lowest BCUT2D eigenvalue weighted by atomic mass is 9.89. The van der Waals surface area contributed by atoms with E-state index in [9.17, 15) is 0 Å². The van der Waals surface area contributed by atoms with Crippen LogP contribution in [0.5, 0.6) is 0 Å². The van der Waals surface area contributed by atoms with E-state index in [1.165, 1.54) is 38.5 Å². The third kappa shape index (κ3) is 11.9. The van der Waals surface area contributed by atoms with Gasteiger partial charge in [-0.15, -0.1) is 0 Å². The molecule has 2 heteroatoms. The molecule has 0 radical (unpaired) electrons. The number of unbranched alkanes of at least 4 members (excludes halogenated alkanes) is 4. The highest BCUT2D eigenvalue weighted by Crippen LogP contribution is 2.22. The Hall–Kier alpha value is -0.0800. The van der Waals surface area contributed by atoms with Crippen molar-refractivity contribution in [3.8, 4) is 0 Å². The van der Waals surface area contributed by atoms with Gasteiger partial charge < -0.3 is 0 Å². The monoisotopic (exact) mass is 186 g/mol. The van der Waals surface area contributed by atoms with E-state index >= 15 is 0 Å². The third-order valence-corrected chi connectivity index (χ3v) is 2.25. The van der Waals surface area contributed by atoms with E-state index in [0.717, 1.165) is 6.54 Å². The summed E-state index contributed by atoms with van der Waals surface area (Å²) < 4.78 is 0. The fourth-order valence-electron chi connectivity index (χ4n) is 1.41. The normalized spacial score (nSPS) is 12.0. The van der Waals surface area contributed by atoms with Crippen LogP contribution in [0.15, 0.2) is 0 Å². The first-order valence-electron chi connectivity index (χ1n) is 5.50. The van der Waals surface area contributed by atoms with Crippen molar-refractivity contribution in [2.24, 2.45) is 11.3 Å². The van der Waals surface area contributed by atoms with Gasteiger partial charge in [0, 0.05) is 6.54 Å². The molecule has 0 aromatic carbocycles. The van der Waals surface area contributed by atoms with E-state index in [4.69, 9.17) is 5.84 Å². The first-order valence-corrected chi connectivity index (χ1v) is 5.50. The summed E-state index contributed by atoms with van der Waals surface area (Å²) in [4.78, 5) is 0. The van der Waals surface area contributed by atoms with Gasteiger partial charge in [-0.3, -0.25) is 11.3 Å². The summed E-state index contributed by atoms with van der Waals surface area (Å²) in [7, 11) is 0. The summed E-state index contributed by atoms with van der Waals surface area (Å²) in [6.07, 6.45) is 7.99. The predicted molar refractivity (Wildman–Crippen MR) is 59.3 cm³/mol. The Morgan fingerprint density at radius 1 is 0.923 bits per heavy atom. The van der Waals surface area contributed by atoms with Gasteiger partial charge in [-0.2, -0.15) is 0 Å². The first-order chi connectivity index (χ1) is 6.06. The van der Waals surface area contributed by atoms with E-state index in [-0.39, 0.29) is 0 Å². The molecule has 0 unspecified atom stereocenters. The molecule has 0 heterocycles. The topological polar surface area (TPSA) is 38.0 Å². The van der Waals surface area contributed by atoms with Crippen molar-refractivity contribution in [3.05, 3.63) is 0 Å². The molecule has 0 saturated carbocycles. The minimum Gasteiger partial charge on any atom is -0.271 e. The molecule has 0 rings (SSSR count). The highest BCUT2D eigenvalue weighted by atomic mass is 15.2. The molecule has 0 amide bonds. The lowest BCUT2D eigenvalue weighted by molar-refractivity contribution is 0.356. The van der Waals surface area contributed by atoms with Crippen molar-refractivity contribution in [1.29, 1.82) is 0 Å². The fraction of sp³-hybridized carbons (Fsp3) is 1.00. The van der Waals surface area contributed by atoms with Gasteiger partial charge in [0.05, 0.1) is 0 Å². The number of hydrogen-bond donors (Lipinski definition) is 2. The van der Waals surface area contributed by atoms with Crippen LogP contribution in [-0.4, -0.2) is 6.54 Å². The van der Waals surface area contributed by atoms with Crippen molar-refractivity contribution in [1.82, 2.24) is 5.43 Å². The van der Waals surface area contributed by atoms with Gasteiger partial charge in [0.2, 0.25) is 0 Å². The average Bonchev–Trinajstić information content (AvgIpc) is 2.01. The quantitative estimate of drug-likeness (QED) is 0.364. The number of rotatable bonds is 7. The minimum absolute atomic E-state index is 0.513. The van der Waals surface area contributed by atoms with E-state index in [0.29, 0.717) is 5.41 Å². The molecular formula is C11H26N2. The van der Waals surface area contributed by atoms with Crippen molar-refractivity contribution in [3.63, 3.8) is 0 Å². The summed E-state index contributed by atoms with van der Waals surface area (Å²) >= 11 is 0. The molecule has 0 bridgehead atoms. The van der Waals surface area contributed by atoms with Crippen molar-refractivity contribution in [2.45, 2.75) is 59.3 Å². The Balaban J connectivity index is 3.00. The van der Waals surface area contributed by atoms with Gasteiger partial charge >= 0.3 is 0 Å². The highest BCUT2D eigenvalue weighted by Gasteiger charge is 2.08. The van der Waals surface area contributed by atoms with Crippen LogP contribution in [0.2, 0.25) is 0 Å². The molecule has 80 valence electrons. The Bertz CT molecular complexity index is 105. The van der Waals surface area contributed by atoms with E-state index in [1.807, 2.05) is 0 Å². The van der Waals surface area contributed by atoms with Crippen LogP contribution < -0.4 is 11.3 Å². The van der Waals surface area contributed by atoms with E-state index < -0.39 is 0 Å². The number of hydrogen-bond acceptors (Lipinski definition) is 2. The fourth-order valence-corrected chi connectivity index (χ4v) is 1.41. The van der Waals surface area contributed by atoms with Crippen LogP contribution in [0.4, 0.5) is 0 Å². The Morgan fingerprint density at radius 2 is 1.46 bits per heavy atom. The number of hydrazine groups is 1. The average molecular weight is 186 g/mol. The zero-order valence-corrected chi connectivity index (χ0v) is 9.53. The Morgan fingerprint density at radius 3 is 2.00 bits per heavy atom. The maximum absolute atomic E-state index is 5.18. The van der Waals surface area contributed by atoms with Gasteiger partial charge in [-0.1, -0.05) is 46.5 Å². The second-order valence-corrected chi connectivity index (χ2v) is 5.03. The third-order valence-electron chi connectivity index (χ3n) is 2.25. The van der Waals surface area contributed by atoms with Gasteiger partial charge in [-0.25, -0.2) is 0 Å². The predicted octanol–water partition coefficient (Wildman–Crippen LogP) is 2.84. The molecule has 0 atom stereocenters. The summed E-state index contributed by atoms with van der Waals surface area (Å²) in [5.74, 6) is 5.18. The molecule has 13 heavy (non-hydrogen) atoms. The summed E-state index contributed by atoms with van der Waals surface area (Å²) in [6, 6.07) is 0. The van der Waals surface area contributed by atoms with E-state index in [1.54, 1.807) is 0 Å². The second-order valence-electron chi connectivity index (χ2n) is 5.03. The molecule has 0 aromatic rings. The lowest BCUT2D eigenvalue weighted by Crippen LogP contribution is -2.22. The minimum atomic E-state index is 0.513. The SMILES string of the molecule is CC(C)(C)CCCCCCCNN. The van der Waals surface area contributed by atoms with Crippen LogP contribution in [-0.2, 0) is 0 Å². The Kier molecular flexibility index (Phi) is 7.29. The van der Waals surface area contributed by atoms with Crippen molar-refractivity contribution in [2.75, 3.05) is 6.54 Å². The largest absolute Gasteiger partial charge is 0.271 e. The van der Waals surface area contributed by atoms with Gasteiger partial charge in [0.25, 0.3) is 0 Å². The summed E-state index contributed by atoms with van der Waals surface area (Å²) in [6.45, 7) is 7.89. The highest BCUT2D eigenvalue weighted by molar-refractivity contribution is 4.60. The van der Waals surface area contributed by atoms with Crippen LogP contribution in [0.1, 0.15) is 59.3 Å². The maximum Gasteiger partial charge on any atom is 0.00974 e. The van der Waals surface area contributed by atoms with Crippen LogP contribution in [0, 0.1) is 5.41 Å². The first kappa shape index (κ1) is 12.9. The molecule has 0 fully saturated rings. The van der Waals surface area contributed by atoms with Gasteiger partial charge in [-0.05, 0) is 18.3 Å². The molecule has 0 aliphatic carbocycles. The molecule has 3 N–H and O–H groups in total. The smallest absolute Gasteiger partial charge is 0.00974 e. The standard InChI is InChI=1S/C11H26N2/c1-11(2,3)9-7-5-4-6-8-10-13-12/h13H,4-10,12H2,1-3H3. The van der Waals surface area contributed by atoms with Gasteiger partial charge in [0.15, 0.2) is 0 Å². The molecule has 0 spiro atoms. The van der Waals surface area contributed by atoms with Crippen molar-refractivity contribution < 1.29 is 0 Å². The molecule has 0 saturated heterocycles. The number of nitrogens with one attached hydrogen (secondary N) is 1. The van der Waals surface area contributed by atoms with Gasteiger partial charge in [0.1, 0.15) is 0 Å².